The number of ether oxygens (including phenoxy) is 3. The molecule has 0 aromatic heterocycles. The molecule has 162 valence electrons. The zero-order chi connectivity index (χ0) is 20.7. The van der Waals surface area contributed by atoms with Crippen molar-refractivity contribution in [1.29, 1.82) is 0 Å². The maximum absolute atomic E-state index is 12.7. The molecule has 29 heavy (non-hydrogen) atoms. The van der Waals surface area contributed by atoms with Crippen molar-refractivity contribution < 1.29 is 39.4 Å². The third-order valence-corrected chi connectivity index (χ3v) is 8.57. The van der Waals surface area contributed by atoms with Gasteiger partial charge < -0.3 is 34.6 Å². The summed E-state index contributed by atoms with van der Waals surface area (Å²) in [7, 11) is 0. The molecule has 0 aromatic carbocycles. The molecule has 10 atom stereocenters. The highest BCUT2D eigenvalue weighted by Gasteiger charge is 2.70. The topological polar surface area (TPSA) is 126 Å². The second kappa shape index (κ2) is 6.48. The number of hydrogen-bond donors (Lipinski definition) is 4. The summed E-state index contributed by atoms with van der Waals surface area (Å²) in [6.45, 7) is 4.41. The summed E-state index contributed by atoms with van der Waals surface area (Å²) in [6, 6.07) is 0. The first-order valence-electron chi connectivity index (χ1n) is 10.6. The molecule has 2 aliphatic heterocycles. The molecule has 2 saturated carbocycles. The highest BCUT2D eigenvalue weighted by molar-refractivity contribution is 5.92. The van der Waals surface area contributed by atoms with Crippen LogP contribution < -0.4 is 0 Å². The van der Waals surface area contributed by atoms with Crippen molar-refractivity contribution in [3.63, 3.8) is 0 Å². The van der Waals surface area contributed by atoms with Gasteiger partial charge in [0.25, 0.3) is 0 Å². The maximum Gasteiger partial charge on any atom is 0.334 e. The molecule has 4 N–H and O–H groups in total. The van der Waals surface area contributed by atoms with Gasteiger partial charge in [-0.15, -0.1) is 0 Å². The molecule has 3 aliphatic carbocycles. The van der Waals surface area contributed by atoms with Crippen LogP contribution >= 0.6 is 0 Å². The van der Waals surface area contributed by atoms with Crippen molar-refractivity contribution >= 4 is 5.97 Å². The van der Waals surface area contributed by atoms with Crippen LogP contribution in [0, 0.1) is 28.6 Å². The molecule has 8 nitrogen and oxygen atoms in total. The first-order valence-corrected chi connectivity index (χ1v) is 10.6. The Labute approximate surface area is 169 Å². The van der Waals surface area contributed by atoms with Crippen molar-refractivity contribution in [3.05, 3.63) is 11.6 Å². The van der Waals surface area contributed by atoms with E-state index < -0.39 is 43.4 Å². The normalized spacial score (nSPS) is 52.7. The molecular formula is C21H30O8. The molecule has 1 spiro atoms. The van der Waals surface area contributed by atoms with Gasteiger partial charge in [-0.25, -0.2) is 4.79 Å². The number of aliphatic hydroxyl groups excluding tert-OH is 4. The van der Waals surface area contributed by atoms with Crippen molar-refractivity contribution in [2.75, 3.05) is 13.2 Å². The molecule has 5 aliphatic rings. The SMILES string of the molecule is CC1(C)[C@H]2C[C@@]34C(=C[C@@H]2O[C@@H]2O[C@H](CO)[C@@H](O)[C@H](O)[C@H]2O)C(=O)OC[C@H]3CC[C@@H]14. The van der Waals surface area contributed by atoms with Gasteiger partial charge in [0.2, 0.25) is 0 Å². The fourth-order valence-electron chi connectivity index (χ4n) is 7.10. The van der Waals surface area contributed by atoms with Crippen molar-refractivity contribution in [1.82, 2.24) is 0 Å². The lowest BCUT2D eigenvalue weighted by Gasteiger charge is -2.45. The summed E-state index contributed by atoms with van der Waals surface area (Å²) >= 11 is 0. The third-order valence-electron chi connectivity index (χ3n) is 8.57. The summed E-state index contributed by atoms with van der Waals surface area (Å²) < 4.78 is 17.1. The fraction of sp³-hybridized carbons (Fsp3) is 0.857. The van der Waals surface area contributed by atoms with Gasteiger partial charge >= 0.3 is 5.97 Å². The predicted octanol–water partition coefficient (Wildman–Crippen LogP) is -0.273. The van der Waals surface area contributed by atoms with Crippen LogP contribution in [0.5, 0.6) is 0 Å². The van der Waals surface area contributed by atoms with Crippen LogP contribution in [0.15, 0.2) is 11.6 Å². The summed E-state index contributed by atoms with van der Waals surface area (Å²) in [5.74, 6) is 0.547. The lowest BCUT2D eigenvalue weighted by molar-refractivity contribution is -0.312. The molecule has 4 fully saturated rings. The Bertz CT molecular complexity index is 732. The van der Waals surface area contributed by atoms with Gasteiger partial charge in [-0.3, -0.25) is 0 Å². The van der Waals surface area contributed by atoms with Gasteiger partial charge in [-0.05, 0) is 42.6 Å². The number of hydrogen-bond acceptors (Lipinski definition) is 8. The fourth-order valence-corrected chi connectivity index (χ4v) is 7.10. The molecule has 8 heteroatoms. The van der Waals surface area contributed by atoms with E-state index in [9.17, 15) is 25.2 Å². The smallest absolute Gasteiger partial charge is 0.334 e. The molecule has 2 heterocycles. The lowest BCUT2D eigenvalue weighted by Crippen LogP contribution is -2.60. The van der Waals surface area contributed by atoms with E-state index in [1.807, 2.05) is 6.08 Å². The Morgan fingerprint density at radius 3 is 2.66 bits per heavy atom. The maximum atomic E-state index is 12.7. The van der Waals surface area contributed by atoms with E-state index in [0.717, 1.165) is 19.3 Å². The van der Waals surface area contributed by atoms with Gasteiger partial charge in [0.05, 0.1) is 19.3 Å². The van der Waals surface area contributed by atoms with Crippen LogP contribution in [0.25, 0.3) is 0 Å². The van der Waals surface area contributed by atoms with E-state index >= 15 is 0 Å². The molecular weight excluding hydrogens is 380 g/mol. The number of esters is 1. The molecule has 5 rings (SSSR count). The van der Waals surface area contributed by atoms with Gasteiger partial charge in [-0.1, -0.05) is 13.8 Å². The molecule has 0 unspecified atom stereocenters. The molecule has 0 radical (unpaired) electrons. The minimum atomic E-state index is -1.49. The van der Waals surface area contributed by atoms with Crippen molar-refractivity contribution in [2.24, 2.45) is 28.6 Å². The first kappa shape index (κ1) is 19.9. The van der Waals surface area contributed by atoms with Crippen LogP contribution in [-0.2, 0) is 19.0 Å². The average molecular weight is 410 g/mol. The Morgan fingerprint density at radius 2 is 1.93 bits per heavy atom. The van der Waals surface area contributed by atoms with Crippen LogP contribution in [0.1, 0.15) is 33.1 Å². The monoisotopic (exact) mass is 410 g/mol. The Balaban J connectivity index is 1.48. The number of aliphatic hydroxyl groups is 4. The average Bonchev–Trinajstić information content (AvgIpc) is 3.15. The minimum absolute atomic E-state index is 0.0799. The van der Waals surface area contributed by atoms with Crippen LogP contribution in [0.2, 0.25) is 0 Å². The number of rotatable bonds is 3. The molecule has 2 bridgehead atoms. The van der Waals surface area contributed by atoms with Gasteiger partial charge in [0.1, 0.15) is 24.4 Å². The van der Waals surface area contributed by atoms with Crippen LogP contribution in [0.3, 0.4) is 0 Å². The van der Waals surface area contributed by atoms with E-state index in [2.05, 4.69) is 13.8 Å². The van der Waals surface area contributed by atoms with Crippen molar-refractivity contribution in [2.45, 2.75) is 69.9 Å². The van der Waals surface area contributed by atoms with Gasteiger partial charge in [0.15, 0.2) is 6.29 Å². The van der Waals surface area contributed by atoms with Gasteiger partial charge in [0, 0.05) is 16.9 Å². The third kappa shape index (κ3) is 2.50. The standard InChI is InChI=1S/C21H30O8/c1-20(2)11-6-21-9(3-4-14(20)21)8-27-18(26)10(21)5-12(11)28-19-17(25)16(24)15(23)13(7-22)29-19/h5,9,11-17,19,22-25H,3-4,6-8H2,1-2H3/t9-,11+,12+,13-,14+,15-,16+,17-,19-,21+/m1/s1. The minimum Gasteiger partial charge on any atom is -0.462 e. The zero-order valence-electron chi connectivity index (χ0n) is 16.7. The van der Waals surface area contributed by atoms with E-state index in [1.165, 1.54) is 0 Å². The van der Waals surface area contributed by atoms with Crippen LogP contribution in [0.4, 0.5) is 0 Å². The number of cyclic esters (lactones) is 1. The highest BCUT2D eigenvalue weighted by atomic mass is 16.7. The predicted molar refractivity (Wildman–Crippen MR) is 98.2 cm³/mol. The van der Waals surface area contributed by atoms with Gasteiger partial charge in [-0.2, -0.15) is 0 Å². The summed E-state index contributed by atoms with van der Waals surface area (Å²) in [4.78, 5) is 12.7. The zero-order valence-corrected chi connectivity index (χ0v) is 16.7. The van der Waals surface area contributed by atoms with Crippen molar-refractivity contribution in [3.8, 4) is 0 Å². The second-order valence-electron chi connectivity index (χ2n) is 9.98. The second-order valence-corrected chi connectivity index (χ2v) is 9.98. The quantitative estimate of drug-likeness (QED) is 0.469. The summed E-state index contributed by atoms with van der Waals surface area (Å²) in [5, 5.41) is 39.9. The van der Waals surface area contributed by atoms with E-state index in [0.29, 0.717) is 24.0 Å². The van der Waals surface area contributed by atoms with Crippen LogP contribution in [-0.4, -0.2) is 76.4 Å². The first-order chi connectivity index (χ1) is 13.7. The van der Waals surface area contributed by atoms with E-state index in [-0.39, 0.29) is 22.7 Å². The summed E-state index contributed by atoms with van der Waals surface area (Å²) in [5.41, 5.74) is 0.454. The molecule has 2 saturated heterocycles. The lowest BCUT2D eigenvalue weighted by atomic mass is 9.64. The largest absolute Gasteiger partial charge is 0.462 e. The number of fused-ring (bicyclic) bond motifs is 1. The van der Waals surface area contributed by atoms with E-state index in [4.69, 9.17) is 14.2 Å². The highest BCUT2D eigenvalue weighted by Crippen LogP contribution is 2.73. The molecule has 0 amide bonds. The number of carbonyl (C=O) groups excluding carboxylic acids is 1. The Hall–Kier alpha value is -1.03. The Morgan fingerprint density at radius 1 is 1.17 bits per heavy atom. The molecule has 0 aromatic rings. The summed E-state index contributed by atoms with van der Waals surface area (Å²) in [6.07, 6.45) is -2.34. The van der Waals surface area contributed by atoms with E-state index in [1.54, 1.807) is 0 Å². The number of carbonyl (C=O) groups is 1. The Kier molecular flexibility index (Phi) is 4.45.